The van der Waals surface area contributed by atoms with Crippen LogP contribution in [0.15, 0.2) is 53.7 Å². The number of ether oxygens (including phenoxy) is 1. The first-order valence-electron chi connectivity index (χ1n) is 10.8. The normalized spacial score (nSPS) is 17.5. The van der Waals surface area contributed by atoms with Crippen LogP contribution in [0.25, 0.3) is 0 Å². The molecule has 0 unspecified atom stereocenters. The van der Waals surface area contributed by atoms with Gasteiger partial charge in [0.2, 0.25) is 0 Å². The first kappa shape index (κ1) is 23.4. The fraction of sp³-hybridized carbons (Fsp3) is 0.480. The van der Waals surface area contributed by atoms with E-state index >= 15 is 0 Å². The molecular formula is C25H33FN2O3. The predicted molar refractivity (Wildman–Crippen MR) is 121 cm³/mol. The van der Waals surface area contributed by atoms with Gasteiger partial charge in [0.1, 0.15) is 11.9 Å². The molecule has 6 heteroatoms. The molecule has 1 heterocycles. The van der Waals surface area contributed by atoms with E-state index < -0.39 is 6.10 Å². The number of hydrogen-bond donors (Lipinski definition) is 1. The van der Waals surface area contributed by atoms with E-state index in [4.69, 9.17) is 9.57 Å². The number of aryl methyl sites for hydroxylation is 1. The minimum atomic E-state index is -0.661. The van der Waals surface area contributed by atoms with E-state index in [1.165, 1.54) is 12.1 Å². The van der Waals surface area contributed by atoms with E-state index in [2.05, 4.69) is 29.1 Å². The second-order valence-corrected chi connectivity index (χ2v) is 9.19. The topological polar surface area (TPSA) is 54.3 Å². The number of aliphatic hydroxyl groups excluding tert-OH is 1. The van der Waals surface area contributed by atoms with Crippen LogP contribution in [0.3, 0.4) is 0 Å². The van der Waals surface area contributed by atoms with Gasteiger partial charge in [-0.3, -0.25) is 4.90 Å². The quantitative estimate of drug-likeness (QED) is 0.647. The molecule has 0 amide bonds. The zero-order chi connectivity index (χ0) is 22.4. The highest BCUT2D eigenvalue weighted by Gasteiger charge is 2.26. The van der Waals surface area contributed by atoms with Crippen LogP contribution in [-0.2, 0) is 16.1 Å². The maximum Gasteiger partial charge on any atom is 0.145 e. The Morgan fingerprint density at radius 2 is 2.00 bits per heavy atom. The lowest BCUT2D eigenvalue weighted by Crippen LogP contribution is -2.40. The maximum absolute atomic E-state index is 13.7. The lowest BCUT2D eigenvalue weighted by atomic mass is 10.00. The van der Waals surface area contributed by atoms with Crippen molar-refractivity contribution >= 4 is 5.71 Å². The Balaban J connectivity index is 1.64. The summed E-state index contributed by atoms with van der Waals surface area (Å²) in [5.74, 6) is -0.267. The molecule has 2 aromatic rings. The molecule has 3 rings (SSSR count). The van der Waals surface area contributed by atoms with Crippen LogP contribution >= 0.6 is 0 Å². The molecule has 1 aliphatic rings. The van der Waals surface area contributed by atoms with Crippen molar-refractivity contribution in [3.8, 4) is 0 Å². The Hall–Kier alpha value is -2.28. The molecule has 31 heavy (non-hydrogen) atoms. The number of hydrogen-bond acceptors (Lipinski definition) is 5. The molecule has 0 bridgehead atoms. The summed E-state index contributed by atoms with van der Waals surface area (Å²) in [5, 5.41) is 14.9. The number of halogens is 1. The average molecular weight is 429 g/mol. The third-order valence-corrected chi connectivity index (χ3v) is 5.12. The van der Waals surface area contributed by atoms with Gasteiger partial charge in [0.15, 0.2) is 0 Å². The van der Waals surface area contributed by atoms with Gasteiger partial charge in [-0.25, -0.2) is 4.39 Å². The van der Waals surface area contributed by atoms with E-state index in [9.17, 15) is 9.50 Å². The molecular weight excluding hydrogens is 395 g/mol. The smallest absolute Gasteiger partial charge is 0.145 e. The summed E-state index contributed by atoms with van der Waals surface area (Å²) in [6.07, 6.45) is -0.0936. The summed E-state index contributed by atoms with van der Waals surface area (Å²) in [6.45, 7) is 9.65. The number of aliphatic hydroxyl groups is 1. The second-order valence-electron chi connectivity index (χ2n) is 9.19. The molecule has 1 N–H and O–H groups in total. The Morgan fingerprint density at radius 1 is 1.23 bits per heavy atom. The number of nitrogens with zero attached hydrogens (tertiary/aromatic N) is 2. The molecule has 0 fully saturated rings. The minimum absolute atomic E-state index is 0.126. The zero-order valence-electron chi connectivity index (χ0n) is 18.8. The van der Waals surface area contributed by atoms with Crippen LogP contribution in [0.4, 0.5) is 4.39 Å². The van der Waals surface area contributed by atoms with Crippen LogP contribution in [0.1, 0.15) is 43.9 Å². The number of oxime groups is 1. The lowest BCUT2D eigenvalue weighted by molar-refractivity contribution is -0.0600. The maximum atomic E-state index is 13.7. The van der Waals surface area contributed by atoms with Gasteiger partial charge in [0, 0.05) is 31.6 Å². The van der Waals surface area contributed by atoms with Crippen LogP contribution in [0.5, 0.6) is 0 Å². The molecule has 2 aromatic carbocycles. The fourth-order valence-corrected chi connectivity index (χ4v) is 3.66. The van der Waals surface area contributed by atoms with Crippen LogP contribution < -0.4 is 0 Å². The first-order chi connectivity index (χ1) is 14.7. The van der Waals surface area contributed by atoms with Crippen molar-refractivity contribution in [3.05, 3.63) is 71.0 Å². The van der Waals surface area contributed by atoms with Gasteiger partial charge < -0.3 is 14.7 Å². The van der Waals surface area contributed by atoms with Crippen LogP contribution in [0, 0.1) is 12.7 Å². The van der Waals surface area contributed by atoms with Gasteiger partial charge in [0.25, 0.3) is 0 Å². The molecule has 0 radical (unpaired) electrons. The van der Waals surface area contributed by atoms with E-state index in [1.54, 1.807) is 6.07 Å². The highest BCUT2D eigenvalue weighted by molar-refractivity contribution is 6.02. The molecule has 0 saturated carbocycles. The molecule has 0 spiro atoms. The second kappa shape index (κ2) is 10.4. The van der Waals surface area contributed by atoms with Gasteiger partial charge in [0.05, 0.1) is 24.0 Å². The SMILES string of the molecule is Cc1ccccc1C1=NO[C@@H](CN(Cc2cccc(F)c2)C[C@@H](O)COC(C)(C)C)C1. The molecule has 5 nitrogen and oxygen atoms in total. The monoisotopic (exact) mass is 428 g/mol. The Morgan fingerprint density at radius 3 is 2.71 bits per heavy atom. The van der Waals surface area contributed by atoms with Crippen LogP contribution in [0.2, 0.25) is 0 Å². The average Bonchev–Trinajstić information content (AvgIpc) is 3.14. The Bertz CT molecular complexity index is 894. The van der Waals surface area contributed by atoms with Crippen molar-refractivity contribution in [2.24, 2.45) is 5.16 Å². The van der Waals surface area contributed by atoms with Crippen molar-refractivity contribution in [2.75, 3.05) is 19.7 Å². The summed E-state index contributed by atoms with van der Waals surface area (Å²) in [5.41, 5.74) is 3.73. The molecule has 1 aliphatic heterocycles. The van der Waals surface area contributed by atoms with Crippen molar-refractivity contribution in [1.82, 2.24) is 4.90 Å². The zero-order valence-corrected chi connectivity index (χ0v) is 18.8. The molecule has 0 aromatic heterocycles. The van der Waals surface area contributed by atoms with Crippen molar-refractivity contribution < 1.29 is 19.1 Å². The van der Waals surface area contributed by atoms with Crippen molar-refractivity contribution in [3.63, 3.8) is 0 Å². The largest absolute Gasteiger partial charge is 0.390 e. The molecule has 0 aliphatic carbocycles. The Labute approximate surface area is 184 Å². The van der Waals surface area contributed by atoms with Crippen LogP contribution in [-0.4, -0.2) is 53.2 Å². The summed E-state index contributed by atoms with van der Waals surface area (Å²) in [7, 11) is 0. The standard InChI is InChI=1S/C25H33FN2O3/c1-18-8-5-6-11-23(18)24-13-22(31-27-24)16-28(14-19-9-7-10-20(26)12-19)15-21(29)17-30-25(2,3)4/h5-12,21-22,29H,13-17H2,1-4H3/t21-,22-/m1/s1. The molecule has 0 saturated heterocycles. The van der Waals surface area contributed by atoms with Gasteiger partial charge in [-0.15, -0.1) is 0 Å². The van der Waals surface area contributed by atoms with E-state index in [1.807, 2.05) is 39.0 Å². The number of rotatable bonds is 9. The Kier molecular flexibility index (Phi) is 7.81. The summed E-state index contributed by atoms with van der Waals surface area (Å²) >= 11 is 0. The van der Waals surface area contributed by atoms with Gasteiger partial charge in [-0.2, -0.15) is 0 Å². The summed E-state index contributed by atoms with van der Waals surface area (Å²) < 4.78 is 19.4. The number of benzene rings is 2. The summed E-state index contributed by atoms with van der Waals surface area (Å²) in [4.78, 5) is 7.80. The van der Waals surface area contributed by atoms with Crippen molar-refractivity contribution in [2.45, 2.75) is 58.5 Å². The molecule has 2 atom stereocenters. The van der Waals surface area contributed by atoms with E-state index in [0.29, 0.717) is 26.1 Å². The first-order valence-corrected chi connectivity index (χ1v) is 10.8. The fourth-order valence-electron chi connectivity index (χ4n) is 3.66. The van der Waals surface area contributed by atoms with Gasteiger partial charge in [-0.05, 0) is 51.0 Å². The highest BCUT2D eigenvalue weighted by Crippen LogP contribution is 2.21. The van der Waals surface area contributed by atoms with Crippen molar-refractivity contribution in [1.29, 1.82) is 0 Å². The third-order valence-electron chi connectivity index (χ3n) is 5.12. The summed E-state index contributed by atoms with van der Waals surface area (Å²) in [6, 6.07) is 14.7. The van der Waals surface area contributed by atoms with E-state index in [-0.39, 0.29) is 24.1 Å². The third kappa shape index (κ3) is 7.42. The lowest BCUT2D eigenvalue weighted by Gasteiger charge is -2.28. The minimum Gasteiger partial charge on any atom is -0.390 e. The van der Waals surface area contributed by atoms with Gasteiger partial charge in [-0.1, -0.05) is 41.6 Å². The molecule has 168 valence electrons. The van der Waals surface area contributed by atoms with E-state index in [0.717, 1.165) is 22.4 Å². The highest BCUT2D eigenvalue weighted by atomic mass is 19.1. The predicted octanol–water partition coefficient (Wildman–Crippen LogP) is 4.31. The van der Waals surface area contributed by atoms with Gasteiger partial charge >= 0.3 is 0 Å².